The number of amides is 1. The van der Waals surface area contributed by atoms with Gasteiger partial charge in [-0.15, -0.1) is 0 Å². The highest BCUT2D eigenvalue weighted by Crippen LogP contribution is 2.23. The molecule has 0 aliphatic heterocycles. The van der Waals surface area contributed by atoms with Gasteiger partial charge in [0, 0.05) is 6.54 Å². The summed E-state index contributed by atoms with van der Waals surface area (Å²) in [4.78, 5) is 17.6. The van der Waals surface area contributed by atoms with E-state index >= 15 is 0 Å². The number of carbonyl (C=O) groups excluding carboxylic acids is 1. The summed E-state index contributed by atoms with van der Waals surface area (Å²) in [6, 6.07) is 21.1. The summed E-state index contributed by atoms with van der Waals surface area (Å²) in [5.74, 6) is 1.54. The Kier molecular flexibility index (Phi) is 7.53. The van der Waals surface area contributed by atoms with Gasteiger partial charge in [0.2, 0.25) is 0 Å². The van der Waals surface area contributed by atoms with Crippen molar-refractivity contribution in [3.63, 3.8) is 0 Å². The van der Waals surface area contributed by atoms with Gasteiger partial charge in [0.25, 0.3) is 5.91 Å². The quantitative estimate of drug-likeness (QED) is 0.275. The molecule has 0 spiro atoms. The highest BCUT2D eigenvalue weighted by atomic mass is 35.5. The van der Waals surface area contributed by atoms with E-state index in [2.05, 4.69) is 48.0 Å². The first-order valence-electron chi connectivity index (χ1n) is 11.6. The van der Waals surface area contributed by atoms with Gasteiger partial charge in [-0.25, -0.2) is 4.98 Å². The lowest BCUT2D eigenvalue weighted by molar-refractivity contribution is 0.0938. The summed E-state index contributed by atoms with van der Waals surface area (Å²) in [5, 5.41) is 3.49. The summed E-state index contributed by atoms with van der Waals surface area (Å²) < 4.78 is 8.17. The van der Waals surface area contributed by atoms with Gasteiger partial charge in [-0.3, -0.25) is 4.79 Å². The monoisotopic (exact) mass is 475 g/mol. The number of carbonyl (C=O) groups is 1. The highest BCUT2D eigenvalue weighted by molar-refractivity contribution is 6.33. The first-order valence-corrected chi connectivity index (χ1v) is 12.0. The molecule has 4 rings (SSSR count). The average Bonchev–Trinajstić information content (AvgIpc) is 3.17. The lowest BCUT2D eigenvalue weighted by Gasteiger charge is -2.17. The number of nitrogens with zero attached hydrogens (tertiary/aromatic N) is 2. The number of rotatable bonds is 9. The molecule has 1 N–H and O–H groups in total. The van der Waals surface area contributed by atoms with Crippen molar-refractivity contribution in [1.29, 1.82) is 0 Å². The predicted molar refractivity (Wildman–Crippen MR) is 138 cm³/mol. The Morgan fingerprint density at radius 3 is 2.50 bits per heavy atom. The van der Waals surface area contributed by atoms with Gasteiger partial charge >= 0.3 is 0 Å². The molecule has 1 amide bonds. The molecule has 0 saturated carbocycles. The lowest BCUT2D eigenvalue weighted by atomic mass is 10.1. The van der Waals surface area contributed by atoms with Crippen molar-refractivity contribution in [2.75, 3.05) is 6.61 Å². The summed E-state index contributed by atoms with van der Waals surface area (Å²) >= 11 is 6.21. The second kappa shape index (κ2) is 10.7. The van der Waals surface area contributed by atoms with Crippen LogP contribution in [0.2, 0.25) is 5.02 Å². The van der Waals surface area contributed by atoms with E-state index < -0.39 is 0 Å². The number of aryl methyl sites for hydroxylation is 3. The minimum absolute atomic E-state index is 0.210. The number of hydrogen-bond acceptors (Lipinski definition) is 3. The Morgan fingerprint density at radius 1 is 1.03 bits per heavy atom. The number of benzene rings is 3. The summed E-state index contributed by atoms with van der Waals surface area (Å²) in [5.41, 5.74) is 4.85. The predicted octanol–water partition coefficient (Wildman–Crippen LogP) is 6.66. The molecule has 1 heterocycles. The zero-order valence-electron chi connectivity index (χ0n) is 19.8. The molecule has 0 saturated heterocycles. The van der Waals surface area contributed by atoms with Crippen molar-refractivity contribution >= 4 is 28.5 Å². The zero-order chi connectivity index (χ0) is 24.1. The molecular weight excluding hydrogens is 446 g/mol. The summed E-state index contributed by atoms with van der Waals surface area (Å²) in [6.07, 6.45) is 1.85. The Bertz CT molecular complexity index is 1280. The molecule has 1 aromatic heterocycles. The van der Waals surface area contributed by atoms with Gasteiger partial charge in [0.05, 0.1) is 34.3 Å². The number of hydrogen-bond donors (Lipinski definition) is 1. The normalized spacial score (nSPS) is 12.0. The van der Waals surface area contributed by atoms with Crippen molar-refractivity contribution in [2.24, 2.45) is 0 Å². The van der Waals surface area contributed by atoms with Crippen molar-refractivity contribution in [3.05, 3.63) is 94.3 Å². The van der Waals surface area contributed by atoms with E-state index in [9.17, 15) is 4.79 Å². The van der Waals surface area contributed by atoms with Gasteiger partial charge < -0.3 is 14.6 Å². The van der Waals surface area contributed by atoms with Crippen LogP contribution in [-0.4, -0.2) is 22.1 Å². The van der Waals surface area contributed by atoms with Crippen molar-refractivity contribution in [1.82, 2.24) is 14.9 Å². The molecule has 0 bridgehead atoms. The Morgan fingerprint density at radius 2 is 1.74 bits per heavy atom. The van der Waals surface area contributed by atoms with Crippen molar-refractivity contribution in [2.45, 2.75) is 46.2 Å². The number of nitrogens with one attached hydrogen (secondary N) is 1. The van der Waals surface area contributed by atoms with Gasteiger partial charge in [0.1, 0.15) is 11.6 Å². The van der Waals surface area contributed by atoms with E-state index in [1.54, 1.807) is 18.2 Å². The molecule has 0 aliphatic rings. The smallest absolute Gasteiger partial charge is 0.253 e. The second-order valence-corrected chi connectivity index (χ2v) is 9.07. The molecule has 176 valence electrons. The molecule has 34 heavy (non-hydrogen) atoms. The van der Waals surface area contributed by atoms with Crippen LogP contribution in [0.1, 0.15) is 53.1 Å². The fourth-order valence-corrected chi connectivity index (χ4v) is 4.44. The standard InChI is InChI=1S/C28H30ClN3O2/c1-19-16-20(2)18-22(17-19)34-15-9-8-14-32-26-13-7-6-12-25(26)31-27(32)21(3)30-28(33)23-10-4-5-11-24(23)29/h4-7,10-13,16-18,21H,8-9,14-15H2,1-3H3,(H,30,33). The first kappa shape index (κ1) is 23.8. The number of aromatic nitrogens is 2. The maximum Gasteiger partial charge on any atom is 0.253 e. The SMILES string of the molecule is Cc1cc(C)cc(OCCCCn2c(C(C)NC(=O)c3ccccc3Cl)nc3ccccc32)c1. The molecule has 6 heteroatoms. The molecule has 1 unspecified atom stereocenters. The lowest BCUT2D eigenvalue weighted by Crippen LogP contribution is -2.29. The number of fused-ring (bicyclic) bond motifs is 1. The van der Waals surface area contributed by atoms with Gasteiger partial charge in [0.15, 0.2) is 0 Å². The molecular formula is C28H30ClN3O2. The molecule has 1 atom stereocenters. The van der Waals surface area contributed by atoms with Crippen LogP contribution in [0.3, 0.4) is 0 Å². The van der Waals surface area contributed by atoms with Gasteiger partial charge in [-0.05, 0) is 81.1 Å². The molecule has 0 fully saturated rings. The van der Waals surface area contributed by atoms with E-state index in [0.717, 1.165) is 42.0 Å². The fraction of sp³-hybridized carbons (Fsp3) is 0.286. The summed E-state index contributed by atoms with van der Waals surface area (Å²) in [7, 11) is 0. The third kappa shape index (κ3) is 5.60. The molecule has 4 aromatic rings. The largest absolute Gasteiger partial charge is 0.494 e. The number of ether oxygens (including phenoxy) is 1. The number of para-hydroxylation sites is 2. The van der Waals surface area contributed by atoms with Crippen molar-refractivity contribution in [3.8, 4) is 5.75 Å². The van der Waals surface area contributed by atoms with Crippen LogP contribution in [0.4, 0.5) is 0 Å². The van der Waals surface area contributed by atoms with E-state index in [-0.39, 0.29) is 11.9 Å². The number of imidazole rings is 1. The van der Waals surface area contributed by atoms with E-state index in [4.69, 9.17) is 21.3 Å². The van der Waals surface area contributed by atoms with Crippen LogP contribution in [0, 0.1) is 13.8 Å². The van der Waals surface area contributed by atoms with Crippen LogP contribution in [0.5, 0.6) is 5.75 Å². The summed E-state index contributed by atoms with van der Waals surface area (Å²) in [6.45, 7) is 7.56. The molecule has 0 aliphatic carbocycles. The van der Waals surface area contributed by atoms with E-state index in [0.29, 0.717) is 17.2 Å². The fourth-order valence-electron chi connectivity index (χ4n) is 4.22. The molecule has 5 nitrogen and oxygen atoms in total. The van der Waals surface area contributed by atoms with Gasteiger partial charge in [-0.1, -0.05) is 41.9 Å². The van der Waals surface area contributed by atoms with Crippen LogP contribution < -0.4 is 10.1 Å². The first-order chi connectivity index (χ1) is 16.4. The number of unbranched alkanes of at least 4 members (excludes halogenated alkanes) is 1. The zero-order valence-corrected chi connectivity index (χ0v) is 20.6. The minimum Gasteiger partial charge on any atom is -0.494 e. The van der Waals surface area contributed by atoms with Crippen LogP contribution in [0.15, 0.2) is 66.7 Å². The Balaban J connectivity index is 1.43. The van der Waals surface area contributed by atoms with Gasteiger partial charge in [-0.2, -0.15) is 0 Å². The van der Waals surface area contributed by atoms with Crippen LogP contribution in [0.25, 0.3) is 11.0 Å². The number of halogens is 1. The average molecular weight is 476 g/mol. The third-order valence-electron chi connectivity index (χ3n) is 5.78. The second-order valence-electron chi connectivity index (χ2n) is 8.66. The molecule has 0 radical (unpaired) electrons. The maximum atomic E-state index is 12.8. The van der Waals surface area contributed by atoms with Crippen LogP contribution in [-0.2, 0) is 6.54 Å². The third-order valence-corrected chi connectivity index (χ3v) is 6.11. The highest BCUT2D eigenvalue weighted by Gasteiger charge is 2.20. The van der Waals surface area contributed by atoms with E-state index in [1.165, 1.54) is 11.1 Å². The minimum atomic E-state index is -0.275. The van der Waals surface area contributed by atoms with Crippen LogP contribution >= 0.6 is 11.6 Å². The Labute approximate surface area is 205 Å². The topological polar surface area (TPSA) is 56.1 Å². The molecule has 3 aromatic carbocycles. The van der Waals surface area contributed by atoms with E-state index in [1.807, 2.05) is 31.2 Å². The van der Waals surface area contributed by atoms with Crippen molar-refractivity contribution < 1.29 is 9.53 Å². The maximum absolute atomic E-state index is 12.8. The Hall–Kier alpha value is -3.31.